The Morgan fingerprint density at radius 3 is 2.18 bits per heavy atom. The van der Waals surface area contributed by atoms with Crippen LogP contribution in [0.2, 0.25) is 0 Å². The van der Waals surface area contributed by atoms with E-state index in [-0.39, 0.29) is 12.3 Å². The predicted octanol–water partition coefficient (Wildman–Crippen LogP) is 7.17. The fraction of sp³-hybridized carbons (Fsp3) is 0.129. The minimum Gasteiger partial charge on any atom is -0.481 e. The molecule has 194 valence electrons. The molecule has 6 rings (SSSR count). The molecule has 3 aromatic carbocycles. The molecule has 1 aliphatic rings. The second-order valence-corrected chi connectivity index (χ2v) is 9.52. The number of carboxylic acids is 1. The third-order valence-corrected chi connectivity index (χ3v) is 7.04. The van der Waals surface area contributed by atoms with Crippen molar-refractivity contribution in [2.75, 3.05) is 5.32 Å². The molecule has 0 unspecified atom stereocenters. The summed E-state index contributed by atoms with van der Waals surface area (Å²) in [5, 5.41) is 12.7. The highest BCUT2D eigenvalue weighted by atomic mass is 19.1. The van der Waals surface area contributed by atoms with Crippen molar-refractivity contribution in [2.24, 2.45) is 0 Å². The van der Waals surface area contributed by atoms with E-state index in [1.807, 2.05) is 78.9 Å². The van der Waals surface area contributed by atoms with Gasteiger partial charge in [0, 0.05) is 5.56 Å². The van der Waals surface area contributed by atoms with Gasteiger partial charge in [-0.2, -0.15) is 9.37 Å². The topological polar surface area (TPSA) is 102 Å². The molecule has 0 bridgehead atoms. The second kappa shape index (κ2) is 9.72. The van der Waals surface area contributed by atoms with Crippen molar-refractivity contribution in [3.8, 4) is 22.5 Å². The molecule has 0 atom stereocenters. The van der Waals surface area contributed by atoms with Crippen LogP contribution in [0.5, 0.6) is 0 Å². The molecule has 2 heterocycles. The average Bonchev–Trinajstić information content (AvgIpc) is 3.71. The van der Waals surface area contributed by atoms with E-state index in [4.69, 9.17) is 9.15 Å². The lowest BCUT2D eigenvalue weighted by atomic mass is 9.93. The Kier molecular flexibility index (Phi) is 6.07. The Balaban J connectivity index is 1.26. The van der Waals surface area contributed by atoms with E-state index in [9.17, 15) is 19.1 Å². The maximum absolute atomic E-state index is 13.8. The quantitative estimate of drug-likeness (QED) is 0.220. The molecule has 1 saturated carbocycles. The zero-order valence-electron chi connectivity index (χ0n) is 20.7. The Labute approximate surface area is 222 Å². The van der Waals surface area contributed by atoms with E-state index < -0.39 is 23.4 Å². The van der Waals surface area contributed by atoms with Gasteiger partial charge >= 0.3 is 12.1 Å². The van der Waals surface area contributed by atoms with Gasteiger partial charge < -0.3 is 14.3 Å². The van der Waals surface area contributed by atoms with Crippen LogP contribution in [0.4, 0.5) is 14.9 Å². The van der Waals surface area contributed by atoms with Crippen molar-refractivity contribution in [3.63, 3.8) is 0 Å². The fourth-order valence-electron chi connectivity index (χ4n) is 4.69. The van der Waals surface area contributed by atoms with Crippen LogP contribution in [-0.2, 0) is 21.6 Å². The maximum Gasteiger partial charge on any atom is 0.412 e. The number of halogens is 1. The number of fused-ring (bicyclic) bond motifs is 1. The molecule has 0 aliphatic heterocycles. The molecule has 7 nitrogen and oxygen atoms in total. The summed E-state index contributed by atoms with van der Waals surface area (Å²) in [7, 11) is 0. The van der Waals surface area contributed by atoms with Gasteiger partial charge in [-0.25, -0.2) is 4.79 Å². The van der Waals surface area contributed by atoms with Gasteiger partial charge in [0.2, 0.25) is 11.7 Å². The predicted molar refractivity (Wildman–Crippen MR) is 144 cm³/mol. The van der Waals surface area contributed by atoms with E-state index in [1.54, 1.807) is 0 Å². The Morgan fingerprint density at radius 2 is 1.54 bits per heavy atom. The van der Waals surface area contributed by atoms with Crippen molar-refractivity contribution in [1.82, 2.24) is 4.98 Å². The number of hydrogen-bond donors (Lipinski definition) is 2. The summed E-state index contributed by atoms with van der Waals surface area (Å²) in [5.41, 5.74) is 3.79. The number of benzene rings is 3. The number of furan rings is 1. The Morgan fingerprint density at radius 1 is 0.897 bits per heavy atom. The lowest BCUT2D eigenvalue weighted by molar-refractivity contribution is -0.140. The third kappa shape index (κ3) is 4.72. The minimum atomic E-state index is -0.784. The summed E-state index contributed by atoms with van der Waals surface area (Å²) in [6.45, 7) is 0.0890. The Hall–Kier alpha value is -4.98. The lowest BCUT2D eigenvalue weighted by Crippen LogP contribution is -2.19. The van der Waals surface area contributed by atoms with Gasteiger partial charge in [-0.3, -0.25) is 10.1 Å². The van der Waals surface area contributed by atoms with E-state index in [0.717, 1.165) is 22.3 Å². The number of carbonyl (C=O) groups excluding carboxylic acids is 1. The normalized spacial score (nSPS) is 13.7. The fourth-order valence-corrected chi connectivity index (χ4v) is 4.69. The number of hydrogen-bond acceptors (Lipinski definition) is 5. The van der Waals surface area contributed by atoms with Gasteiger partial charge in [-0.05, 0) is 47.2 Å². The number of rotatable bonds is 7. The number of anilines is 1. The number of nitrogens with zero attached hydrogens (tertiary/aromatic N) is 1. The number of carbonyl (C=O) groups is 2. The first-order valence-electron chi connectivity index (χ1n) is 12.4. The number of nitrogens with one attached hydrogen (secondary N) is 1. The van der Waals surface area contributed by atoms with Crippen LogP contribution in [0.1, 0.15) is 24.0 Å². The first-order chi connectivity index (χ1) is 18.9. The van der Waals surface area contributed by atoms with E-state index >= 15 is 0 Å². The highest BCUT2D eigenvalue weighted by molar-refractivity contribution is 6.03. The van der Waals surface area contributed by atoms with E-state index in [2.05, 4.69) is 10.3 Å². The first-order valence-corrected chi connectivity index (χ1v) is 12.4. The van der Waals surface area contributed by atoms with Gasteiger partial charge in [0.1, 0.15) is 12.3 Å². The molecule has 8 heteroatoms. The minimum absolute atomic E-state index is 0.0514. The first kappa shape index (κ1) is 24.4. The molecule has 1 aliphatic carbocycles. The number of aliphatic carboxylic acids is 1. The van der Waals surface area contributed by atoms with E-state index in [0.29, 0.717) is 35.2 Å². The van der Waals surface area contributed by atoms with Crippen molar-refractivity contribution < 1.29 is 28.2 Å². The summed E-state index contributed by atoms with van der Waals surface area (Å²) in [4.78, 5) is 28.1. The monoisotopic (exact) mass is 522 g/mol. The van der Waals surface area contributed by atoms with Gasteiger partial charge in [0.25, 0.3) is 0 Å². The number of carboxylic acid groups (broad SMARTS) is 1. The van der Waals surface area contributed by atoms with Crippen LogP contribution < -0.4 is 5.32 Å². The molecular weight excluding hydrogens is 499 g/mol. The average molecular weight is 523 g/mol. The maximum atomic E-state index is 13.8. The zero-order chi connectivity index (χ0) is 27.0. The van der Waals surface area contributed by atoms with Crippen molar-refractivity contribution >= 4 is 28.8 Å². The number of aromatic nitrogens is 1. The SMILES string of the molecule is O=C(Nc1c(-c2ccc(-c3ccc(C4(C(=O)O)CC4)cc3)cc2)oc2nc(F)ccc12)OCc1ccccc1. The molecule has 5 aromatic rings. The van der Waals surface area contributed by atoms with Crippen LogP contribution in [0.25, 0.3) is 33.6 Å². The van der Waals surface area contributed by atoms with Gasteiger partial charge in [0.05, 0.1) is 10.8 Å². The van der Waals surface area contributed by atoms with Crippen LogP contribution in [0.15, 0.2) is 95.4 Å². The molecule has 1 amide bonds. The van der Waals surface area contributed by atoms with Crippen LogP contribution in [-0.4, -0.2) is 22.2 Å². The lowest BCUT2D eigenvalue weighted by Gasteiger charge is -2.11. The van der Waals surface area contributed by atoms with Crippen LogP contribution in [0, 0.1) is 5.95 Å². The highest BCUT2D eigenvalue weighted by Gasteiger charge is 2.51. The molecule has 0 saturated heterocycles. The molecule has 39 heavy (non-hydrogen) atoms. The number of ether oxygens (including phenoxy) is 1. The highest BCUT2D eigenvalue weighted by Crippen LogP contribution is 2.48. The number of pyridine rings is 1. The van der Waals surface area contributed by atoms with E-state index in [1.165, 1.54) is 12.1 Å². The molecular formula is C31H23FN2O5. The number of amides is 1. The van der Waals surface area contributed by atoms with Crippen LogP contribution >= 0.6 is 0 Å². The zero-order valence-corrected chi connectivity index (χ0v) is 20.7. The third-order valence-electron chi connectivity index (χ3n) is 7.04. The molecule has 2 aromatic heterocycles. The van der Waals surface area contributed by atoms with Crippen molar-refractivity contribution in [3.05, 3.63) is 108 Å². The second-order valence-electron chi connectivity index (χ2n) is 9.52. The molecule has 0 spiro atoms. The molecule has 2 N–H and O–H groups in total. The summed E-state index contributed by atoms with van der Waals surface area (Å²) < 4.78 is 25.1. The molecule has 0 radical (unpaired) electrons. The smallest absolute Gasteiger partial charge is 0.412 e. The van der Waals surface area contributed by atoms with Gasteiger partial charge in [-0.1, -0.05) is 78.9 Å². The van der Waals surface area contributed by atoms with Gasteiger partial charge in [-0.15, -0.1) is 0 Å². The standard InChI is InChI=1S/C31H23FN2O5/c32-25-15-14-24-26(34-30(37)38-18-19-4-2-1-3-5-19)27(39-28(24)33-25)22-8-6-20(7-9-22)21-10-12-23(13-11-21)31(16-17-31)29(35)36/h1-15H,16-18H2,(H,34,37)(H,35,36). The summed E-state index contributed by atoms with van der Waals surface area (Å²) >= 11 is 0. The molecule has 1 fully saturated rings. The Bertz CT molecular complexity index is 1670. The summed E-state index contributed by atoms with van der Waals surface area (Å²) in [5.74, 6) is -1.16. The van der Waals surface area contributed by atoms with Gasteiger partial charge in [0.15, 0.2) is 5.76 Å². The van der Waals surface area contributed by atoms with Crippen molar-refractivity contribution in [1.29, 1.82) is 0 Å². The van der Waals surface area contributed by atoms with Crippen LogP contribution in [0.3, 0.4) is 0 Å². The van der Waals surface area contributed by atoms with Crippen molar-refractivity contribution in [2.45, 2.75) is 24.9 Å². The summed E-state index contributed by atoms with van der Waals surface area (Å²) in [6.07, 6.45) is 0.629. The summed E-state index contributed by atoms with van der Waals surface area (Å²) in [6, 6.07) is 27.0. The largest absolute Gasteiger partial charge is 0.481 e.